The normalized spacial score (nSPS) is 10.4. The van der Waals surface area contributed by atoms with Gasteiger partial charge in [0, 0.05) is 11.6 Å². The summed E-state index contributed by atoms with van der Waals surface area (Å²) in [5.41, 5.74) is -0.0174. The van der Waals surface area contributed by atoms with Crippen LogP contribution in [0.15, 0.2) is 39.3 Å². The Morgan fingerprint density at radius 2 is 1.75 bits per heavy atom. The van der Waals surface area contributed by atoms with Crippen molar-refractivity contribution in [1.29, 1.82) is 0 Å². The van der Waals surface area contributed by atoms with Crippen molar-refractivity contribution in [1.82, 2.24) is 0 Å². The number of rotatable bonds is 2. The highest BCUT2D eigenvalue weighted by molar-refractivity contribution is 9.10. The fourth-order valence-corrected chi connectivity index (χ4v) is 2.06. The summed E-state index contributed by atoms with van der Waals surface area (Å²) >= 11 is 5.99. The van der Waals surface area contributed by atoms with Crippen molar-refractivity contribution >= 4 is 43.5 Å². The second kappa shape index (κ2) is 5.88. The Bertz CT molecular complexity index is 692. The molecule has 0 aliphatic heterocycles. The summed E-state index contributed by atoms with van der Waals surface area (Å²) in [5, 5.41) is 11.8. The van der Waals surface area contributed by atoms with Crippen LogP contribution >= 0.6 is 31.9 Å². The third-order valence-electron chi connectivity index (χ3n) is 2.47. The van der Waals surface area contributed by atoms with Crippen LogP contribution in [0, 0.1) is 11.6 Å². The fourth-order valence-electron chi connectivity index (χ4n) is 1.47. The van der Waals surface area contributed by atoms with Crippen LogP contribution in [0.25, 0.3) is 0 Å². The third-order valence-corrected chi connectivity index (χ3v) is 3.74. The Kier molecular flexibility index (Phi) is 4.39. The molecule has 2 aromatic carbocycles. The van der Waals surface area contributed by atoms with E-state index < -0.39 is 17.5 Å². The molecule has 1 amide bonds. The van der Waals surface area contributed by atoms with Crippen LogP contribution in [-0.2, 0) is 0 Å². The van der Waals surface area contributed by atoms with Gasteiger partial charge in [0.1, 0.15) is 17.4 Å². The molecule has 20 heavy (non-hydrogen) atoms. The summed E-state index contributed by atoms with van der Waals surface area (Å²) in [6.07, 6.45) is 0. The van der Waals surface area contributed by atoms with E-state index in [9.17, 15) is 18.7 Å². The lowest BCUT2D eigenvalue weighted by Crippen LogP contribution is -2.13. The molecule has 0 unspecified atom stereocenters. The van der Waals surface area contributed by atoms with Crippen molar-refractivity contribution in [2.75, 3.05) is 5.32 Å². The Labute approximate surface area is 129 Å². The van der Waals surface area contributed by atoms with E-state index in [4.69, 9.17) is 0 Å². The fraction of sp³-hybridized carbons (Fsp3) is 0. The third kappa shape index (κ3) is 3.16. The first-order valence-corrected chi connectivity index (χ1v) is 6.91. The molecule has 0 heterocycles. The van der Waals surface area contributed by atoms with Gasteiger partial charge in [-0.1, -0.05) is 0 Å². The molecule has 0 aliphatic carbocycles. The number of phenols is 1. The van der Waals surface area contributed by atoms with Gasteiger partial charge in [0.05, 0.1) is 14.6 Å². The molecule has 0 atom stereocenters. The number of aromatic hydroxyl groups is 1. The lowest BCUT2D eigenvalue weighted by Gasteiger charge is -2.08. The lowest BCUT2D eigenvalue weighted by molar-refractivity contribution is 0.102. The van der Waals surface area contributed by atoms with E-state index in [1.54, 1.807) is 0 Å². The van der Waals surface area contributed by atoms with Crippen LogP contribution in [0.1, 0.15) is 10.4 Å². The van der Waals surface area contributed by atoms with E-state index in [1.165, 1.54) is 18.2 Å². The molecule has 0 saturated heterocycles. The summed E-state index contributed by atoms with van der Waals surface area (Å²) < 4.78 is 27.1. The number of hydrogen-bond donors (Lipinski definition) is 2. The highest BCUT2D eigenvalue weighted by Crippen LogP contribution is 2.26. The summed E-state index contributed by atoms with van der Waals surface area (Å²) in [6.45, 7) is 0. The van der Waals surface area contributed by atoms with Crippen molar-refractivity contribution in [3.8, 4) is 5.75 Å². The maximum atomic E-state index is 13.5. The van der Waals surface area contributed by atoms with Gasteiger partial charge in [-0.25, -0.2) is 8.78 Å². The maximum Gasteiger partial charge on any atom is 0.255 e. The molecular weight excluding hydrogens is 400 g/mol. The molecule has 0 aliphatic rings. The molecule has 7 heteroatoms. The average Bonchev–Trinajstić information content (AvgIpc) is 2.39. The lowest BCUT2D eigenvalue weighted by atomic mass is 10.2. The molecule has 2 N–H and O–H groups in total. The van der Waals surface area contributed by atoms with Crippen LogP contribution in [0.3, 0.4) is 0 Å². The number of halogens is 4. The van der Waals surface area contributed by atoms with Crippen molar-refractivity contribution in [3.63, 3.8) is 0 Å². The second-order valence-corrected chi connectivity index (χ2v) is 5.58. The zero-order valence-electron chi connectivity index (χ0n) is 9.75. The number of amides is 1. The van der Waals surface area contributed by atoms with Gasteiger partial charge in [-0.15, -0.1) is 0 Å². The highest BCUT2D eigenvalue weighted by Gasteiger charge is 2.13. The van der Waals surface area contributed by atoms with Crippen LogP contribution < -0.4 is 5.32 Å². The first kappa shape index (κ1) is 14.9. The van der Waals surface area contributed by atoms with Gasteiger partial charge in [-0.05, 0) is 56.1 Å². The minimum absolute atomic E-state index is 0.0350. The largest absolute Gasteiger partial charge is 0.507 e. The molecule has 0 fully saturated rings. The molecule has 0 aromatic heterocycles. The first-order valence-electron chi connectivity index (χ1n) is 5.33. The summed E-state index contributed by atoms with van der Waals surface area (Å²) in [6, 6.07) is 5.96. The molecule has 2 aromatic rings. The van der Waals surface area contributed by atoms with E-state index >= 15 is 0 Å². The summed E-state index contributed by atoms with van der Waals surface area (Å²) in [7, 11) is 0. The number of phenolic OH excluding ortho intramolecular Hbond substituents is 1. The van der Waals surface area contributed by atoms with Gasteiger partial charge in [0.25, 0.3) is 5.91 Å². The van der Waals surface area contributed by atoms with Gasteiger partial charge in [0.2, 0.25) is 0 Å². The Hall–Kier alpha value is -1.47. The zero-order valence-corrected chi connectivity index (χ0v) is 12.9. The Morgan fingerprint density at radius 3 is 2.40 bits per heavy atom. The Balaban J connectivity index is 2.27. The number of benzene rings is 2. The van der Waals surface area contributed by atoms with E-state index in [0.717, 1.165) is 6.07 Å². The van der Waals surface area contributed by atoms with E-state index in [-0.39, 0.29) is 21.5 Å². The average molecular weight is 407 g/mol. The smallest absolute Gasteiger partial charge is 0.255 e. The minimum atomic E-state index is -0.889. The molecule has 2 rings (SSSR count). The second-order valence-electron chi connectivity index (χ2n) is 3.87. The van der Waals surface area contributed by atoms with Gasteiger partial charge < -0.3 is 10.4 Å². The number of anilines is 1. The highest BCUT2D eigenvalue weighted by atomic mass is 79.9. The van der Waals surface area contributed by atoms with Crippen molar-refractivity contribution in [3.05, 3.63) is 56.5 Å². The molecule has 0 bridgehead atoms. The zero-order chi connectivity index (χ0) is 14.9. The summed E-state index contributed by atoms with van der Waals surface area (Å²) in [5.74, 6) is -2.38. The SMILES string of the molecule is O=C(Nc1cc(Br)c(F)cc1F)c1ccc(Br)c(O)c1. The minimum Gasteiger partial charge on any atom is -0.507 e. The van der Waals surface area contributed by atoms with Crippen molar-refractivity contribution in [2.45, 2.75) is 0 Å². The first-order chi connectivity index (χ1) is 9.38. The van der Waals surface area contributed by atoms with E-state index in [1.807, 2.05) is 0 Å². The van der Waals surface area contributed by atoms with Crippen LogP contribution in [0.4, 0.5) is 14.5 Å². The molecule has 104 valence electrons. The van der Waals surface area contributed by atoms with Crippen LogP contribution in [0.2, 0.25) is 0 Å². The number of carbonyl (C=O) groups excluding carboxylic acids is 1. The summed E-state index contributed by atoms with van der Waals surface area (Å²) in [4.78, 5) is 11.9. The van der Waals surface area contributed by atoms with Gasteiger partial charge in [-0.3, -0.25) is 4.79 Å². The van der Waals surface area contributed by atoms with Gasteiger partial charge >= 0.3 is 0 Å². The number of nitrogens with one attached hydrogen (secondary N) is 1. The molecule has 0 saturated carbocycles. The predicted octanol–water partition coefficient (Wildman–Crippen LogP) is 4.45. The van der Waals surface area contributed by atoms with Crippen LogP contribution in [0.5, 0.6) is 5.75 Å². The molecule has 0 spiro atoms. The standard InChI is InChI=1S/C13H7Br2F2NO2/c14-7-2-1-6(3-12(7)19)13(20)18-11-4-8(15)9(16)5-10(11)17/h1-5,19H,(H,18,20). The van der Waals surface area contributed by atoms with Crippen LogP contribution in [-0.4, -0.2) is 11.0 Å². The number of carbonyl (C=O) groups is 1. The maximum absolute atomic E-state index is 13.5. The van der Waals surface area contributed by atoms with Gasteiger partial charge in [0.15, 0.2) is 0 Å². The van der Waals surface area contributed by atoms with Crippen molar-refractivity contribution < 1.29 is 18.7 Å². The molecule has 3 nitrogen and oxygen atoms in total. The molecular formula is C13H7Br2F2NO2. The van der Waals surface area contributed by atoms with Crippen molar-refractivity contribution in [2.24, 2.45) is 0 Å². The Morgan fingerprint density at radius 1 is 1.05 bits per heavy atom. The van der Waals surface area contributed by atoms with E-state index in [2.05, 4.69) is 37.2 Å². The quantitative estimate of drug-likeness (QED) is 0.724. The predicted molar refractivity (Wildman–Crippen MR) is 77.8 cm³/mol. The topological polar surface area (TPSA) is 49.3 Å². The molecule has 0 radical (unpaired) electrons. The monoisotopic (exact) mass is 405 g/mol. The van der Waals surface area contributed by atoms with E-state index in [0.29, 0.717) is 10.5 Å². The van der Waals surface area contributed by atoms with Gasteiger partial charge in [-0.2, -0.15) is 0 Å². The number of hydrogen-bond acceptors (Lipinski definition) is 2.